The molecule has 3 nitrogen and oxygen atoms in total. The van der Waals surface area contributed by atoms with Crippen LogP contribution in [0.3, 0.4) is 0 Å². The molecule has 0 aromatic carbocycles. The Kier molecular flexibility index (Phi) is 6.59. The molecule has 0 fully saturated rings. The van der Waals surface area contributed by atoms with Crippen LogP contribution in [0.4, 0.5) is 0 Å². The van der Waals surface area contributed by atoms with Crippen LogP contribution < -0.4 is 5.32 Å². The number of likely N-dealkylation sites (N-methyl/N-ethyl adjacent to an activating group) is 1. The van der Waals surface area contributed by atoms with Gasteiger partial charge in [0.1, 0.15) is 6.04 Å². The van der Waals surface area contributed by atoms with Crippen molar-refractivity contribution in [2.75, 3.05) is 7.05 Å². The van der Waals surface area contributed by atoms with Crippen molar-refractivity contribution in [1.82, 2.24) is 5.32 Å². The summed E-state index contributed by atoms with van der Waals surface area (Å²) in [6.45, 7) is 1.59. The van der Waals surface area contributed by atoms with Gasteiger partial charge in [-0.2, -0.15) is 13.5 Å². The van der Waals surface area contributed by atoms with Gasteiger partial charge in [0.15, 0.2) is 0 Å². The minimum absolute atomic E-state index is 0. The topological polar surface area (TPSA) is 49.3 Å². The quantitative estimate of drug-likeness (QED) is 0.553. The Balaban J connectivity index is 0. The summed E-state index contributed by atoms with van der Waals surface area (Å²) in [4.78, 5) is 9.87. The molecule has 0 saturated heterocycles. The Bertz CT molecular complexity index is 76.4. The van der Waals surface area contributed by atoms with Crippen molar-refractivity contribution >= 4 is 19.5 Å². The minimum atomic E-state index is -0.817. The number of aliphatic carboxylic acids is 1. The molecule has 0 aromatic rings. The molecule has 4 heteroatoms. The molecule has 0 aromatic heterocycles. The molecule has 1 unspecified atom stereocenters. The van der Waals surface area contributed by atoms with E-state index in [1.54, 1.807) is 14.0 Å². The molecule has 2 N–H and O–H groups in total. The van der Waals surface area contributed by atoms with E-state index in [0.717, 1.165) is 0 Å². The molecule has 0 amide bonds. The van der Waals surface area contributed by atoms with Gasteiger partial charge < -0.3 is 10.4 Å². The first kappa shape index (κ1) is 10.7. The molecule has 0 bridgehead atoms. The zero-order valence-corrected chi connectivity index (χ0v) is 5.93. The lowest BCUT2D eigenvalue weighted by atomic mass is 10.4. The smallest absolute Gasteiger partial charge is 0.320 e. The van der Waals surface area contributed by atoms with Crippen LogP contribution in [0, 0.1) is 0 Å². The lowest BCUT2D eigenvalue weighted by molar-refractivity contribution is -0.138. The molecule has 0 spiro atoms. The number of carboxylic acids is 1. The lowest BCUT2D eigenvalue weighted by Gasteiger charge is -1.99. The third-order valence-electron chi connectivity index (χ3n) is 0.803. The molecule has 8 heavy (non-hydrogen) atoms. The summed E-state index contributed by atoms with van der Waals surface area (Å²) in [5.74, 6) is -0.817. The number of carboxylic acid groups (broad SMARTS) is 1. The van der Waals surface area contributed by atoms with Gasteiger partial charge in [-0.15, -0.1) is 0 Å². The standard InChI is InChI=1S/C4H9NO2.H2S/c1-3(5-2)4(6)7;/h3,5H,1-2H3,(H,6,7);1H2. The summed E-state index contributed by atoms with van der Waals surface area (Å²) in [6.07, 6.45) is 0. The van der Waals surface area contributed by atoms with Crippen molar-refractivity contribution in [3.05, 3.63) is 0 Å². The maximum atomic E-state index is 9.87. The fourth-order valence-corrected chi connectivity index (χ4v) is 0.123. The van der Waals surface area contributed by atoms with E-state index < -0.39 is 12.0 Å². The van der Waals surface area contributed by atoms with Gasteiger partial charge in [-0.05, 0) is 14.0 Å². The summed E-state index contributed by atoms with van der Waals surface area (Å²) in [7, 11) is 1.61. The second-order valence-electron chi connectivity index (χ2n) is 1.35. The highest BCUT2D eigenvalue weighted by Crippen LogP contribution is 1.74. The van der Waals surface area contributed by atoms with Crippen LogP contribution in [0.25, 0.3) is 0 Å². The van der Waals surface area contributed by atoms with E-state index in [9.17, 15) is 4.79 Å². The normalized spacial score (nSPS) is 11.8. The number of nitrogens with one attached hydrogen (secondary N) is 1. The maximum Gasteiger partial charge on any atom is 0.320 e. The second-order valence-corrected chi connectivity index (χ2v) is 1.35. The molecule has 0 heterocycles. The number of carbonyl (C=O) groups is 1. The zero-order valence-electron chi connectivity index (χ0n) is 4.93. The van der Waals surface area contributed by atoms with Crippen LogP contribution in [-0.2, 0) is 4.79 Å². The van der Waals surface area contributed by atoms with Crippen molar-refractivity contribution < 1.29 is 9.90 Å². The van der Waals surface area contributed by atoms with Gasteiger partial charge in [0.05, 0.1) is 0 Å². The maximum absolute atomic E-state index is 9.87. The van der Waals surface area contributed by atoms with Crippen molar-refractivity contribution in [3.63, 3.8) is 0 Å². The monoisotopic (exact) mass is 137 g/mol. The SMILES string of the molecule is CNC(C)C(=O)O.S. The summed E-state index contributed by atoms with van der Waals surface area (Å²) < 4.78 is 0. The molecule has 0 aliphatic heterocycles. The van der Waals surface area contributed by atoms with E-state index in [0.29, 0.717) is 0 Å². The third kappa shape index (κ3) is 3.95. The predicted octanol–water partition coefficient (Wildman–Crippen LogP) is -0.208. The summed E-state index contributed by atoms with van der Waals surface area (Å²) in [5, 5.41) is 10.7. The van der Waals surface area contributed by atoms with Gasteiger partial charge in [-0.25, -0.2) is 0 Å². The molecular weight excluding hydrogens is 126 g/mol. The zero-order chi connectivity index (χ0) is 5.86. The number of hydrogen-bond acceptors (Lipinski definition) is 2. The first-order chi connectivity index (χ1) is 3.18. The molecule has 0 aliphatic rings. The van der Waals surface area contributed by atoms with E-state index in [4.69, 9.17) is 5.11 Å². The molecule has 0 rings (SSSR count). The summed E-state index contributed by atoms with van der Waals surface area (Å²) in [5.41, 5.74) is 0. The molecule has 0 radical (unpaired) electrons. The van der Waals surface area contributed by atoms with E-state index >= 15 is 0 Å². The van der Waals surface area contributed by atoms with Gasteiger partial charge in [-0.1, -0.05) is 0 Å². The predicted molar refractivity (Wildman–Crippen MR) is 36.5 cm³/mol. The Hall–Kier alpha value is -0.220. The molecule has 1 atom stereocenters. The van der Waals surface area contributed by atoms with Crippen molar-refractivity contribution in [3.8, 4) is 0 Å². The van der Waals surface area contributed by atoms with Crippen LogP contribution in [-0.4, -0.2) is 24.2 Å². The Morgan fingerprint density at radius 1 is 1.75 bits per heavy atom. The Morgan fingerprint density at radius 2 is 2.12 bits per heavy atom. The number of rotatable bonds is 2. The fourth-order valence-electron chi connectivity index (χ4n) is 0.123. The highest BCUT2D eigenvalue weighted by Gasteiger charge is 2.04. The van der Waals surface area contributed by atoms with E-state index in [1.807, 2.05) is 0 Å². The van der Waals surface area contributed by atoms with Crippen LogP contribution >= 0.6 is 13.5 Å². The molecule has 50 valence electrons. The van der Waals surface area contributed by atoms with Crippen molar-refractivity contribution in [2.24, 2.45) is 0 Å². The molecule has 0 saturated carbocycles. The number of hydrogen-bond donors (Lipinski definition) is 2. The van der Waals surface area contributed by atoms with Crippen LogP contribution in [0.1, 0.15) is 6.92 Å². The molecular formula is C4H11NO2S. The van der Waals surface area contributed by atoms with Crippen LogP contribution in [0.15, 0.2) is 0 Å². The van der Waals surface area contributed by atoms with Gasteiger partial charge in [0.25, 0.3) is 0 Å². The van der Waals surface area contributed by atoms with Gasteiger partial charge in [0, 0.05) is 0 Å². The van der Waals surface area contributed by atoms with Crippen LogP contribution in [0.5, 0.6) is 0 Å². The minimum Gasteiger partial charge on any atom is -0.480 e. The Labute approximate surface area is 55.5 Å². The lowest BCUT2D eigenvalue weighted by Crippen LogP contribution is -2.29. The largest absolute Gasteiger partial charge is 0.480 e. The summed E-state index contributed by atoms with van der Waals surface area (Å²) in [6, 6.07) is -0.431. The molecule has 0 aliphatic carbocycles. The highest BCUT2D eigenvalue weighted by atomic mass is 32.1. The first-order valence-electron chi connectivity index (χ1n) is 2.08. The Morgan fingerprint density at radius 3 is 2.12 bits per heavy atom. The van der Waals surface area contributed by atoms with Crippen LogP contribution in [0.2, 0.25) is 0 Å². The fraction of sp³-hybridized carbons (Fsp3) is 0.750. The third-order valence-corrected chi connectivity index (χ3v) is 0.803. The second kappa shape index (κ2) is 4.93. The first-order valence-corrected chi connectivity index (χ1v) is 2.08. The van der Waals surface area contributed by atoms with Gasteiger partial charge in [-0.3, -0.25) is 4.79 Å². The summed E-state index contributed by atoms with van der Waals surface area (Å²) >= 11 is 0. The highest BCUT2D eigenvalue weighted by molar-refractivity contribution is 7.59. The van der Waals surface area contributed by atoms with E-state index in [1.165, 1.54) is 0 Å². The van der Waals surface area contributed by atoms with Gasteiger partial charge in [0.2, 0.25) is 0 Å². The van der Waals surface area contributed by atoms with Crippen molar-refractivity contribution in [1.29, 1.82) is 0 Å². The van der Waals surface area contributed by atoms with Gasteiger partial charge >= 0.3 is 5.97 Å². The van der Waals surface area contributed by atoms with Crippen molar-refractivity contribution in [2.45, 2.75) is 13.0 Å². The van der Waals surface area contributed by atoms with E-state index in [-0.39, 0.29) is 13.5 Å². The average molecular weight is 137 g/mol. The van der Waals surface area contributed by atoms with E-state index in [2.05, 4.69) is 5.32 Å². The average Bonchev–Trinajstić information content (AvgIpc) is 1.65.